The summed E-state index contributed by atoms with van der Waals surface area (Å²) in [5.41, 5.74) is 2.75. The van der Waals surface area contributed by atoms with Gasteiger partial charge in [-0.2, -0.15) is 11.8 Å². The standard InChI is InChI=1S/C14H19ClO2S/c1-14(2)8-18-13(7-15)9-5-11(16-3)12(17-4)6-10(9)14/h5-6,13H,7-8H2,1-4H3. The molecule has 1 unspecified atom stereocenters. The summed E-state index contributed by atoms with van der Waals surface area (Å²) in [6.45, 7) is 4.52. The number of rotatable bonds is 3. The van der Waals surface area contributed by atoms with Crippen LogP contribution in [0.25, 0.3) is 0 Å². The van der Waals surface area contributed by atoms with Gasteiger partial charge in [0.1, 0.15) is 0 Å². The molecule has 0 spiro atoms. The van der Waals surface area contributed by atoms with Crippen molar-refractivity contribution in [2.24, 2.45) is 0 Å². The average Bonchev–Trinajstić information content (AvgIpc) is 2.37. The monoisotopic (exact) mass is 286 g/mol. The first-order valence-electron chi connectivity index (χ1n) is 5.97. The largest absolute Gasteiger partial charge is 0.493 e. The van der Waals surface area contributed by atoms with Crippen LogP contribution < -0.4 is 9.47 Å². The summed E-state index contributed by atoms with van der Waals surface area (Å²) in [6.07, 6.45) is 0. The summed E-state index contributed by atoms with van der Waals surface area (Å²) in [5.74, 6) is 3.28. The number of methoxy groups -OCH3 is 2. The normalized spacial score (nSPS) is 21.3. The Labute approximate surface area is 118 Å². The highest BCUT2D eigenvalue weighted by molar-refractivity contribution is 7.99. The van der Waals surface area contributed by atoms with Gasteiger partial charge >= 0.3 is 0 Å². The zero-order chi connectivity index (χ0) is 13.3. The van der Waals surface area contributed by atoms with Crippen molar-refractivity contribution in [3.63, 3.8) is 0 Å². The Hall–Kier alpha value is -0.540. The predicted molar refractivity (Wildman–Crippen MR) is 78.5 cm³/mol. The Kier molecular flexibility index (Phi) is 4.02. The third kappa shape index (κ3) is 2.30. The molecule has 100 valence electrons. The van der Waals surface area contributed by atoms with Gasteiger partial charge in [0.05, 0.1) is 14.2 Å². The Morgan fingerprint density at radius 3 is 2.44 bits per heavy atom. The molecule has 0 amide bonds. The maximum atomic E-state index is 6.08. The Morgan fingerprint density at radius 2 is 1.89 bits per heavy atom. The second-order valence-electron chi connectivity index (χ2n) is 5.13. The van der Waals surface area contributed by atoms with E-state index >= 15 is 0 Å². The van der Waals surface area contributed by atoms with Gasteiger partial charge in [0, 0.05) is 16.9 Å². The van der Waals surface area contributed by atoms with Crippen molar-refractivity contribution in [1.29, 1.82) is 0 Å². The van der Waals surface area contributed by atoms with Crippen LogP contribution in [-0.2, 0) is 5.41 Å². The van der Waals surface area contributed by atoms with E-state index in [9.17, 15) is 0 Å². The molecule has 0 saturated heterocycles. The maximum absolute atomic E-state index is 6.08. The quantitative estimate of drug-likeness (QED) is 0.782. The minimum atomic E-state index is 0.141. The third-order valence-corrected chi connectivity index (χ3v) is 5.62. The molecule has 1 aliphatic rings. The number of hydrogen-bond donors (Lipinski definition) is 0. The molecule has 0 aliphatic carbocycles. The van der Waals surface area contributed by atoms with Crippen molar-refractivity contribution >= 4 is 23.4 Å². The number of halogens is 1. The third-order valence-electron chi connectivity index (χ3n) is 3.42. The highest BCUT2D eigenvalue weighted by atomic mass is 35.5. The van der Waals surface area contributed by atoms with Crippen molar-refractivity contribution in [2.75, 3.05) is 25.9 Å². The highest BCUT2D eigenvalue weighted by Crippen LogP contribution is 2.48. The summed E-state index contributed by atoms with van der Waals surface area (Å²) in [4.78, 5) is 0. The second-order valence-corrected chi connectivity index (χ2v) is 6.63. The van der Waals surface area contributed by atoms with Crippen molar-refractivity contribution in [2.45, 2.75) is 24.5 Å². The van der Waals surface area contributed by atoms with Gasteiger partial charge in [-0.3, -0.25) is 0 Å². The molecule has 2 rings (SSSR count). The van der Waals surface area contributed by atoms with E-state index in [1.54, 1.807) is 14.2 Å². The zero-order valence-electron chi connectivity index (χ0n) is 11.2. The van der Waals surface area contributed by atoms with Crippen LogP contribution >= 0.6 is 23.4 Å². The molecule has 1 aliphatic heterocycles. The SMILES string of the molecule is COc1cc2c(cc1OC)C(C)(C)CSC2CCl. The van der Waals surface area contributed by atoms with E-state index in [1.807, 2.05) is 11.8 Å². The van der Waals surface area contributed by atoms with E-state index in [2.05, 4.69) is 26.0 Å². The predicted octanol–water partition coefficient (Wildman–Crippen LogP) is 4.01. The lowest BCUT2D eigenvalue weighted by Crippen LogP contribution is -2.28. The molecule has 4 heteroatoms. The van der Waals surface area contributed by atoms with E-state index in [0.29, 0.717) is 11.1 Å². The minimum Gasteiger partial charge on any atom is -0.493 e. The number of thioether (sulfide) groups is 1. The molecule has 2 nitrogen and oxygen atoms in total. The van der Waals surface area contributed by atoms with E-state index in [1.165, 1.54) is 11.1 Å². The Bertz CT molecular complexity index is 446. The lowest BCUT2D eigenvalue weighted by atomic mass is 9.82. The molecule has 1 aromatic carbocycles. The van der Waals surface area contributed by atoms with Crippen LogP contribution in [0.3, 0.4) is 0 Å². The van der Waals surface area contributed by atoms with Crippen molar-refractivity contribution in [3.8, 4) is 11.5 Å². The summed E-state index contributed by atoms with van der Waals surface area (Å²) in [5, 5.41) is 0.342. The van der Waals surface area contributed by atoms with Crippen molar-refractivity contribution < 1.29 is 9.47 Å². The van der Waals surface area contributed by atoms with Crippen LogP contribution in [0.5, 0.6) is 11.5 Å². The molecular weight excluding hydrogens is 268 g/mol. The first kappa shape index (κ1) is 13.9. The fourth-order valence-corrected chi connectivity index (χ4v) is 4.02. The molecule has 0 saturated carbocycles. The van der Waals surface area contributed by atoms with Gasteiger partial charge in [0.15, 0.2) is 11.5 Å². The average molecular weight is 287 g/mol. The number of hydrogen-bond acceptors (Lipinski definition) is 3. The fourth-order valence-electron chi connectivity index (χ4n) is 2.35. The zero-order valence-corrected chi connectivity index (χ0v) is 12.8. The number of ether oxygens (including phenoxy) is 2. The van der Waals surface area contributed by atoms with Crippen LogP contribution in [0, 0.1) is 0 Å². The van der Waals surface area contributed by atoms with Crippen molar-refractivity contribution in [1.82, 2.24) is 0 Å². The smallest absolute Gasteiger partial charge is 0.161 e. The summed E-state index contributed by atoms with van der Waals surface area (Å²) >= 11 is 7.99. The summed E-state index contributed by atoms with van der Waals surface area (Å²) < 4.78 is 10.8. The lowest BCUT2D eigenvalue weighted by Gasteiger charge is -2.36. The molecule has 1 atom stereocenters. The number of benzene rings is 1. The molecule has 0 N–H and O–H groups in total. The first-order chi connectivity index (χ1) is 8.53. The molecular formula is C14H19ClO2S. The van der Waals surface area contributed by atoms with Gasteiger partial charge in [-0.15, -0.1) is 11.6 Å². The molecule has 1 heterocycles. The van der Waals surface area contributed by atoms with E-state index in [0.717, 1.165) is 17.3 Å². The van der Waals surface area contributed by atoms with Crippen LogP contribution in [0.2, 0.25) is 0 Å². The van der Waals surface area contributed by atoms with Gasteiger partial charge in [-0.1, -0.05) is 13.8 Å². The van der Waals surface area contributed by atoms with E-state index in [4.69, 9.17) is 21.1 Å². The molecule has 0 bridgehead atoms. The van der Waals surface area contributed by atoms with Gasteiger partial charge < -0.3 is 9.47 Å². The lowest BCUT2D eigenvalue weighted by molar-refractivity contribution is 0.353. The molecule has 0 fully saturated rings. The number of alkyl halides is 1. The van der Waals surface area contributed by atoms with E-state index < -0.39 is 0 Å². The summed E-state index contributed by atoms with van der Waals surface area (Å²) in [7, 11) is 3.34. The van der Waals surface area contributed by atoms with Crippen molar-refractivity contribution in [3.05, 3.63) is 23.3 Å². The Morgan fingerprint density at radius 1 is 1.28 bits per heavy atom. The molecule has 1 aromatic rings. The molecule has 0 radical (unpaired) electrons. The van der Waals surface area contributed by atoms with Gasteiger partial charge in [-0.05, 0) is 28.7 Å². The molecule has 0 aromatic heterocycles. The van der Waals surface area contributed by atoms with Gasteiger partial charge in [0.2, 0.25) is 0 Å². The van der Waals surface area contributed by atoms with E-state index in [-0.39, 0.29) is 5.41 Å². The molecule has 18 heavy (non-hydrogen) atoms. The minimum absolute atomic E-state index is 0.141. The topological polar surface area (TPSA) is 18.5 Å². The Balaban J connectivity index is 2.59. The second kappa shape index (κ2) is 5.22. The van der Waals surface area contributed by atoms with Gasteiger partial charge in [0.25, 0.3) is 0 Å². The highest BCUT2D eigenvalue weighted by Gasteiger charge is 2.34. The maximum Gasteiger partial charge on any atom is 0.161 e. The fraction of sp³-hybridized carbons (Fsp3) is 0.571. The van der Waals surface area contributed by atoms with Crippen LogP contribution in [0.4, 0.5) is 0 Å². The van der Waals surface area contributed by atoms with Gasteiger partial charge in [-0.25, -0.2) is 0 Å². The number of fused-ring (bicyclic) bond motifs is 1. The van der Waals surface area contributed by atoms with Crippen LogP contribution in [0.15, 0.2) is 12.1 Å². The van der Waals surface area contributed by atoms with Crippen LogP contribution in [-0.4, -0.2) is 25.9 Å². The summed E-state index contributed by atoms with van der Waals surface area (Å²) in [6, 6.07) is 4.18. The van der Waals surface area contributed by atoms with Crippen LogP contribution in [0.1, 0.15) is 30.2 Å². The first-order valence-corrected chi connectivity index (χ1v) is 7.55.